The largest absolute Gasteiger partial charge is 0.368 e. The molecule has 0 spiro atoms. The molecule has 0 saturated carbocycles. The number of carbonyl (C=O) groups is 2. The summed E-state index contributed by atoms with van der Waals surface area (Å²) in [5.41, 5.74) is 6.47. The monoisotopic (exact) mass is 275 g/mol. The highest BCUT2D eigenvalue weighted by Gasteiger charge is 2.29. The summed E-state index contributed by atoms with van der Waals surface area (Å²) in [7, 11) is 0. The van der Waals surface area contributed by atoms with E-state index in [1.54, 1.807) is 0 Å². The second kappa shape index (κ2) is 6.52. The molecule has 0 aromatic heterocycles. The van der Waals surface area contributed by atoms with Crippen molar-refractivity contribution in [1.82, 2.24) is 9.80 Å². The molecular formula is C15H21N3O2. The molecule has 0 aliphatic carbocycles. The molecule has 1 atom stereocenters. The van der Waals surface area contributed by atoms with Gasteiger partial charge < -0.3 is 10.6 Å². The number of carbonyl (C=O) groups excluding carboxylic acids is 2. The third-order valence-corrected chi connectivity index (χ3v) is 3.72. The summed E-state index contributed by atoms with van der Waals surface area (Å²) in [5, 5.41) is 0. The van der Waals surface area contributed by atoms with Crippen LogP contribution in [0.25, 0.3) is 0 Å². The van der Waals surface area contributed by atoms with E-state index in [1.165, 1.54) is 0 Å². The van der Waals surface area contributed by atoms with E-state index in [4.69, 9.17) is 5.73 Å². The minimum Gasteiger partial charge on any atom is -0.368 e. The first-order chi connectivity index (χ1) is 9.63. The molecule has 1 aliphatic rings. The van der Waals surface area contributed by atoms with Gasteiger partial charge in [0.15, 0.2) is 0 Å². The molecule has 1 aliphatic heterocycles. The van der Waals surface area contributed by atoms with Gasteiger partial charge in [0.05, 0.1) is 0 Å². The van der Waals surface area contributed by atoms with Gasteiger partial charge in [-0.1, -0.05) is 37.3 Å². The number of amides is 2. The molecule has 1 aromatic carbocycles. The average Bonchev–Trinajstić information content (AvgIpc) is 2.48. The molecule has 1 unspecified atom stereocenters. The highest BCUT2D eigenvalue weighted by molar-refractivity contribution is 5.81. The van der Waals surface area contributed by atoms with Crippen molar-refractivity contribution >= 4 is 11.8 Å². The highest BCUT2D eigenvalue weighted by atomic mass is 16.2. The Morgan fingerprint density at radius 3 is 2.25 bits per heavy atom. The van der Waals surface area contributed by atoms with Crippen LogP contribution in [0.2, 0.25) is 0 Å². The Bertz CT molecular complexity index is 467. The predicted molar refractivity (Wildman–Crippen MR) is 76.8 cm³/mol. The van der Waals surface area contributed by atoms with E-state index in [1.807, 2.05) is 42.2 Å². The summed E-state index contributed by atoms with van der Waals surface area (Å²) in [6.07, 6.45) is 0.526. The molecule has 5 nitrogen and oxygen atoms in total. The molecule has 0 bridgehead atoms. The molecule has 1 aromatic rings. The summed E-state index contributed by atoms with van der Waals surface area (Å²) >= 11 is 0. The number of piperazine rings is 1. The molecular weight excluding hydrogens is 254 g/mol. The third kappa shape index (κ3) is 3.17. The topological polar surface area (TPSA) is 66.6 Å². The van der Waals surface area contributed by atoms with Crippen LogP contribution in [0.4, 0.5) is 0 Å². The van der Waals surface area contributed by atoms with Crippen LogP contribution in [0.5, 0.6) is 0 Å². The number of rotatable bonds is 4. The highest BCUT2D eigenvalue weighted by Crippen LogP contribution is 2.21. The standard InChI is InChI=1S/C15H21N3O2/c1-2-13(19)17-8-10-18(11-9-17)14(15(16)20)12-6-4-3-5-7-12/h3-7,14H,2,8-11H2,1H3,(H2,16,20). The molecule has 108 valence electrons. The molecule has 5 heteroatoms. The van der Waals surface area contributed by atoms with E-state index in [0.29, 0.717) is 32.6 Å². The SMILES string of the molecule is CCC(=O)N1CCN(C(C(N)=O)c2ccccc2)CC1. The predicted octanol–water partition coefficient (Wildman–Crippen LogP) is 0.767. The maximum absolute atomic E-state index is 11.8. The van der Waals surface area contributed by atoms with Crippen molar-refractivity contribution in [3.05, 3.63) is 35.9 Å². The van der Waals surface area contributed by atoms with Gasteiger partial charge in [0.1, 0.15) is 6.04 Å². The second-order valence-corrected chi connectivity index (χ2v) is 4.99. The zero-order chi connectivity index (χ0) is 14.5. The number of benzene rings is 1. The number of nitrogens with zero attached hydrogens (tertiary/aromatic N) is 2. The minimum absolute atomic E-state index is 0.167. The van der Waals surface area contributed by atoms with Gasteiger partial charge >= 0.3 is 0 Å². The fourth-order valence-electron chi connectivity index (χ4n) is 2.64. The lowest BCUT2D eigenvalue weighted by molar-refractivity contribution is -0.133. The molecule has 0 radical (unpaired) electrons. The smallest absolute Gasteiger partial charge is 0.239 e. The first kappa shape index (κ1) is 14.5. The molecule has 2 amide bonds. The lowest BCUT2D eigenvalue weighted by Gasteiger charge is -2.38. The Morgan fingerprint density at radius 2 is 1.75 bits per heavy atom. The lowest BCUT2D eigenvalue weighted by Crippen LogP contribution is -2.51. The van der Waals surface area contributed by atoms with Gasteiger partial charge in [0, 0.05) is 32.6 Å². The van der Waals surface area contributed by atoms with E-state index >= 15 is 0 Å². The molecule has 2 rings (SSSR count). The molecule has 20 heavy (non-hydrogen) atoms. The summed E-state index contributed by atoms with van der Waals surface area (Å²) in [5.74, 6) is -0.175. The minimum atomic E-state index is -0.407. The van der Waals surface area contributed by atoms with Gasteiger partial charge in [-0.3, -0.25) is 14.5 Å². The normalized spacial score (nSPS) is 17.8. The first-order valence-electron chi connectivity index (χ1n) is 6.99. The van der Waals surface area contributed by atoms with Gasteiger partial charge in [-0.15, -0.1) is 0 Å². The second-order valence-electron chi connectivity index (χ2n) is 4.99. The van der Waals surface area contributed by atoms with Crippen molar-refractivity contribution in [3.63, 3.8) is 0 Å². The molecule has 1 heterocycles. The van der Waals surface area contributed by atoms with Crippen molar-refractivity contribution in [2.24, 2.45) is 5.73 Å². The van der Waals surface area contributed by atoms with Gasteiger partial charge in [-0.05, 0) is 5.56 Å². The van der Waals surface area contributed by atoms with Crippen molar-refractivity contribution in [1.29, 1.82) is 0 Å². The summed E-state index contributed by atoms with van der Waals surface area (Å²) in [4.78, 5) is 27.3. The van der Waals surface area contributed by atoms with Crippen LogP contribution in [0, 0.1) is 0 Å². The van der Waals surface area contributed by atoms with Crippen molar-refractivity contribution in [3.8, 4) is 0 Å². The van der Waals surface area contributed by atoms with E-state index < -0.39 is 6.04 Å². The van der Waals surface area contributed by atoms with Crippen LogP contribution in [0.1, 0.15) is 24.9 Å². The fourth-order valence-corrected chi connectivity index (χ4v) is 2.64. The quantitative estimate of drug-likeness (QED) is 0.882. The van der Waals surface area contributed by atoms with Crippen LogP contribution in [-0.2, 0) is 9.59 Å². The number of nitrogens with two attached hydrogens (primary N) is 1. The Morgan fingerprint density at radius 1 is 1.15 bits per heavy atom. The van der Waals surface area contributed by atoms with Crippen LogP contribution in [0.3, 0.4) is 0 Å². The molecule has 1 fully saturated rings. The lowest BCUT2D eigenvalue weighted by atomic mass is 10.0. The number of hydrogen-bond acceptors (Lipinski definition) is 3. The van der Waals surface area contributed by atoms with Crippen LogP contribution < -0.4 is 5.73 Å². The van der Waals surface area contributed by atoms with Crippen LogP contribution in [0.15, 0.2) is 30.3 Å². The summed E-state index contributed by atoms with van der Waals surface area (Å²) in [6.45, 7) is 4.53. The zero-order valence-corrected chi connectivity index (χ0v) is 11.8. The van der Waals surface area contributed by atoms with Crippen LogP contribution in [-0.4, -0.2) is 47.8 Å². The molecule has 2 N–H and O–H groups in total. The van der Waals surface area contributed by atoms with Crippen molar-refractivity contribution in [2.75, 3.05) is 26.2 Å². The number of primary amides is 1. The Kier molecular flexibility index (Phi) is 4.74. The van der Waals surface area contributed by atoms with Gasteiger partial charge in [0.25, 0.3) is 0 Å². The zero-order valence-electron chi connectivity index (χ0n) is 11.8. The Hall–Kier alpha value is -1.88. The number of hydrogen-bond donors (Lipinski definition) is 1. The maximum Gasteiger partial charge on any atom is 0.239 e. The van der Waals surface area contributed by atoms with Gasteiger partial charge in [0.2, 0.25) is 11.8 Å². The van der Waals surface area contributed by atoms with E-state index in [2.05, 4.69) is 4.90 Å². The van der Waals surface area contributed by atoms with Gasteiger partial charge in [-0.25, -0.2) is 0 Å². The van der Waals surface area contributed by atoms with E-state index in [0.717, 1.165) is 5.56 Å². The van der Waals surface area contributed by atoms with Crippen molar-refractivity contribution in [2.45, 2.75) is 19.4 Å². The third-order valence-electron chi connectivity index (χ3n) is 3.72. The Labute approximate surface area is 119 Å². The maximum atomic E-state index is 11.8. The van der Waals surface area contributed by atoms with Crippen molar-refractivity contribution < 1.29 is 9.59 Å². The molecule has 1 saturated heterocycles. The van der Waals surface area contributed by atoms with E-state index in [9.17, 15) is 9.59 Å². The Balaban J connectivity index is 2.06. The summed E-state index contributed by atoms with van der Waals surface area (Å²) in [6, 6.07) is 9.15. The van der Waals surface area contributed by atoms with Gasteiger partial charge in [-0.2, -0.15) is 0 Å². The van der Waals surface area contributed by atoms with Crippen LogP contribution >= 0.6 is 0 Å². The fraction of sp³-hybridized carbons (Fsp3) is 0.467. The first-order valence-corrected chi connectivity index (χ1v) is 6.99. The average molecular weight is 275 g/mol. The summed E-state index contributed by atoms with van der Waals surface area (Å²) < 4.78 is 0. The van der Waals surface area contributed by atoms with E-state index in [-0.39, 0.29) is 11.8 Å².